The number of hydrogen-bond acceptors (Lipinski definition) is 3. The highest BCUT2D eigenvalue weighted by Crippen LogP contribution is 2.25. The Labute approximate surface area is 166 Å². The van der Waals surface area contributed by atoms with Crippen molar-refractivity contribution in [2.75, 3.05) is 32.0 Å². The minimum Gasteiger partial charge on any atom is -0.338 e. The predicted molar refractivity (Wildman–Crippen MR) is 109 cm³/mol. The van der Waals surface area contributed by atoms with Crippen molar-refractivity contribution in [3.05, 3.63) is 28.8 Å². The van der Waals surface area contributed by atoms with Crippen LogP contribution in [-0.4, -0.2) is 49.1 Å². The number of carbonyl (C=O) groups is 2. The van der Waals surface area contributed by atoms with E-state index in [1.54, 1.807) is 18.2 Å². The molecule has 0 radical (unpaired) electrons. The van der Waals surface area contributed by atoms with Crippen molar-refractivity contribution in [2.45, 2.75) is 32.7 Å². The third-order valence-electron chi connectivity index (χ3n) is 4.01. The minimum atomic E-state index is -0.340. The maximum Gasteiger partial charge on any atom is 0.319 e. The molecule has 1 saturated heterocycles. The first-order chi connectivity index (χ1) is 11.7. The van der Waals surface area contributed by atoms with Crippen molar-refractivity contribution in [2.24, 2.45) is 5.92 Å². The number of rotatable bonds is 4. The Bertz CT molecular complexity index is 647. The molecule has 146 valence electrons. The lowest BCUT2D eigenvalue weighted by molar-refractivity contribution is 0.0787. The first-order valence-electron chi connectivity index (χ1n) is 8.52. The van der Waals surface area contributed by atoms with Crippen LogP contribution in [0.25, 0.3) is 0 Å². The number of anilines is 1. The van der Waals surface area contributed by atoms with Crippen LogP contribution in [0.1, 0.15) is 37.6 Å². The van der Waals surface area contributed by atoms with Gasteiger partial charge in [0, 0.05) is 24.3 Å². The van der Waals surface area contributed by atoms with Crippen LogP contribution in [0.4, 0.5) is 10.5 Å². The van der Waals surface area contributed by atoms with Crippen molar-refractivity contribution in [1.82, 2.24) is 15.5 Å². The van der Waals surface area contributed by atoms with E-state index < -0.39 is 0 Å². The molecular weight excluding hydrogens is 375 g/mol. The van der Waals surface area contributed by atoms with Crippen LogP contribution in [0.3, 0.4) is 0 Å². The molecule has 0 aliphatic carbocycles. The normalized spacial score (nSPS) is 16.8. The van der Waals surface area contributed by atoms with Gasteiger partial charge in [-0.2, -0.15) is 0 Å². The number of halogens is 2. The topological polar surface area (TPSA) is 73.5 Å². The van der Waals surface area contributed by atoms with Crippen molar-refractivity contribution in [3.8, 4) is 0 Å². The predicted octanol–water partition coefficient (Wildman–Crippen LogP) is 3.36. The Balaban J connectivity index is 0.00000338. The molecule has 0 saturated carbocycles. The lowest BCUT2D eigenvalue weighted by Crippen LogP contribution is -2.43. The van der Waals surface area contributed by atoms with Gasteiger partial charge in [-0.3, -0.25) is 4.79 Å². The van der Waals surface area contributed by atoms with Crippen molar-refractivity contribution in [3.63, 3.8) is 0 Å². The van der Waals surface area contributed by atoms with Gasteiger partial charge in [-0.1, -0.05) is 11.6 Å². The van der Waals surface area contributed by atoms with Gasteiger partial charge in [0.2, 0.25) is 0 Å². The summed E-state index contributed by atoms with van der Waals surface area (Å²) in [6.45, 7) is 8.04. The van der Waals surface area contributed by atoms with Crippen LogP contribution in [-0.2, 0) is 0 Å². The molecule has 0 spiro atoms. The fourth-order valence-corrected chi connectivity index (χ4v) is 3.11. The van der Waals surface area contributed by atoms with Gasteiger partial charge in [0.1, 0.15) is 0 Å². The van der Waals surface area contributed by atoms with Crippen LogP contribution in [0.5, 0.6) is 0 Å². The summed E-state index contributed by atoms with van der Waals surface area (Å²) in [5.74, 6) is 0.370. The molecule has 3 amide bonds. The van der Waals surface area contributed by atoms with E-state index in [2.05, 4.69) is 16.0 Å². The largest absolute Gasteiger partial charge is 0.338 e. The molecule has 8 heteroatoms. The maximum absolute atomic E-state index is 12.8. The number of nitrogens with zero attached hydrogens (tertiary/aromatic N) is 1. The van der Waals surface area contributed by atoms with E-state index in [1.807, 2.05) is 32.7 Å². The van der Waals surface area contributed by atoms with Gasteiger partial charge in [0.25, 0.3) is 5.91 Å². The molecule has 2 rings (SSSR count). The van der Waals surface area contributed by atoms with Crippen molar-refractivity contribution in [1.29, 1.82) is 0 Å². The maximum atomic E-state index is 12.8. The fourth-order valence-electron chi connectivity index (χ4n) is 2.91. The number of hydrogen-bond donors (Lipinski definition) is 3. The average molecular weight is 403 g/mol. The van der Waals surface area contributed by atoms with Gasteiger partial charge >= 0.3 is 6.03 Å². The summed E-state index contributed by atoms with van der Waals surface area (Å²) in [5, 5.41) is 9.12. The van der Waals surface area contributed by atoms with Crippen molar-refractivity contribution >= 4 is 41.6 Å². The number of urea groups is 1. The quantitative estimate of drug-likeness (QED) is 0.722. The molecule has 0 aromatic heterocycles. The van der Waals surface area contributed by atoms with Crippen LogP contribution in [0, 0.1) is 5.92 Å². The van der Waals surface area contributed by atoms with E-state index >= 15 is 0 Å². The van der Waals surface area contributed by atoms with E-state index in [0.717, 1.165) is 26.1 Å². The molecule has 1 aromatic rings. The van der Waals surface area contributed by atoms with Gasteiger partial charge in [-0.05, 0) is 64.9 Å². The Morgan fingerprint density at radius 1 is 1.31 bits per heavy atom. The van der Waals surface area contributed by atoms with Crippen LogP contribution in [0.2, 0.25) is 5.02 Å². The third kappa shape index (κ3) is 6.34. The number of amides is 3. The van der Waals surface area contributed by atoms with Gasteiger partial charge in [0.05, 0.1) is 10.6 Å². The number of carbonyl (C=O) groups excluding carboxylic acids is 2. The second-order valence-corrected chi connectivity index (χ2v) is 7.89. The number of likely N-dealkylation sites (tertiary alicyclic amines) is 1. The van der Waals surface area contributed by atoms with Gasteiger partial charge in [0.15, 0.2) is 0 Å². The summed E-state index contributed by atoms with van der Waals surface area (Å²) in [6, 6.07) is 4.65. The molecule has 1 aromatic carbocycles. The molecule has 26 heavy (non-hydrogen) atoms. The van der Waals surface area contributed by atoms with Crippen LogP contribution >= 0.6 is 24.0 Å². The van der Waals surface area contributed by atoms with Gasteiger partial charge in [-0.15, -0.1) is 12.4 Å². The Hall–Kier alpha value is -1.50. The fraction of sp³-hybridized carbons (Fsp3) is 0.556. The molecule has 1 aliphatic heterocycles. The first-order valence-corrected chi connectivity index (χ1v) is 8.90. The van der Waals surface area contributed by atoms with E-state index in [9.17, 15) is 9.59 Å². The molecule has 1 fully saturated rings. The second-order valence-electron chi connectivity index (χ2n) is 7.49. The van der Waals surface area contributed by atoms with Crippen LogP contribution in [0.15, 0.2) is 18.2 Å². The smallest absolute Gasteiger partial charge is 0.319 e. The van der Waals surface area contributed by atoms with Gasteiger partial charge in [-0.25, -0.2) is 4.79 Å². The molecule has 1 atom stereocenters. The molecule has 6 nitrogen and oxygen atoms in total. The monoisotopic (exact) mass is 402 g/mol. The summed E-state index contributed by atoms with van der Waals surface area (Å²) >= 11 is 6.22. The standard InChI is InChI=1S/C18H27ClN4O2.ClH/c1-18(2,3)22-17(25)21-13-5-6-15(19)14(9-13)16(24)23-8-7-12(11-23)10-20-4;/h5-6,9,12,20H,7-8,10-11H2,1-4H3,(H2,21,22,25);1H. The molecular formula is C18H28Cl2N4O2. The van der Waals surface area contributed by atoms with E-state index in [-0.39, 0.29) is 29.9 Å². The van der Waals surface area contributed by atoms with E-state index in [0.29, 0.717) is 22.2 Å². The number of nitrogens with one attached hydrogen (secondary N) is 3. The Kier molecular flexibility index (Phi) is 8.18. The van der Waals surface area contributed by atoms with Gasteiger partial charge < -0.3 is 20.9 Å². The highest BCUT2D eigenvalue weighted by molar-refractivity contribution is 6.34. The summed E-state index contributed by atoms with van der Waals surface area (Å²) in [7, 11) is 1.92. The second kappa shape index (κ2) is 9.44. The minimum absolute atomic E-state index is 0. The summed E-state index contributed by atoms with van der Waals surface area (Å²) in [4.78, 5) is 26.6. The molecule has 1 unspecified atom stereocenters. The summed E-state index contributed by atoms with van der Waals surface area (Å²) in [6.07, 6.45) is 0.982. The molecule has 3 N–H and O–H groups in total. The third-order valence-corrected chi connectivity index (χ3v) is 4.34. The first kappa shape index (κ1) is 22.5. The highest BCUT2D eigenvalue weighted by atomic mass is 35.5. The SMILES string of the molecule is CNCC1CCN(C(=O)c2cc(NC(=O)NC(C)(C)C)ccc2Cl)C1.Cl. The van der Waals surface area contributed by atoms with Crippen LogP contribution < -0.4 is 16.0 Å². The highest BCUT2D eigenvalue weighted by Gasteiger charge is 2.27. The Morgan fingerprint density at radius 3 is 2.62 bits per heavy atom. The zero-order valence-electron chi connectivity index (χ0n) is 15.7. The van der Waals surface area contributed by atoms with E-state index in [1.165, 1.54) is 0 Å². The average Bonchev–Trinajstić information content (AvgIpc) is 2.95. The molecule has 1 aliphatic rings. The zero-order chi connectivity index (χ0) is 18.6. The summed E-state index contributed by atoms with van der Waals surface area (Å²) in [5.41, 5.74) is 0.619. The lowest BCUT2D eigenvalue weighted by Gasteiger charge is -2.21. The summed E-state index contributed by atoms with van der Waals surface area (Å²) < 4.78 is 0. The lowest BCUT2D eigenvalue weighted by atomic mass is 10.1. The molecule has 0 bridgehead atoms. The number of benzene rings is 1. The van der Waals surface area contributed by atoms with E-state index in [4.69, 9.17) is 11.6 Å². The molecule has 1 heterocycles. The Morgan fingerprint density at radius 2 is 2.00 bits per heavy atom. The zero-order valence-corrected chi connectivity index (χ0v) is 17.3. The van der Waals surface area contributed by atoms with Crippen molar-refractivity contribution < 1.29 is 9.59 Å².